The van der Waals surface area contributed by atoms with Gasteiger partial charge in [-0.15, -0.1) is 0 Å². The molecular weight excluding hydrogens is 737 g/mol. The van der Waals surface area contributed by atoms with Crippen molar-refractivity contribution in [3.63, 3.8) is 0 Å². The van der Waals surface area contributed by atoms with Crippen molar-refractivity contribution in [3.8, 4) is 0 Å². The molecule has 0 saturated heterocycles. The molecule has 1 fully saturated rings. The highest BCUT2D eigenvalue weighted by Gasteiger charge is 2.34. The van der Waals surface area contributed by atoms with Gasteiger partial charge >= 0.3 is 0 Å². The first kappa shape index (κ1) is 42.1. The third kappa shape index (κ3) is 18.1. The topological polar surface area (TPSA) is 127 Å². The molecule has 4 atom stereocenters. The van der Waals surface area contributed by atoms with Gasteiger partial charge in [0.2, 0.25) is 11.8 Å². The minimum Gasteiger partial charge on any atom is -0.381 e. The van der Waals surface area contributed by atoms with Crippen LogP contribution in [0.4, 0.5) is 0 Å². The molecule has 2 aromatic heterocycles. The van der Waals surface area contributed by atoms with E-state index in [2.05, 4.69) is 27.5 Å². The van der Waals surface area contributed by atoms with Crippen molar-refractivity contribution in [2.45, 2.75) is 72.9 Å². The number of aromatic nitrogens is 2. The van der Waals surface area contributed by atoms with Gasteiger partial charge in [-0.1, -0.05) is 40.6 Å². The van der Waals surface area contributed by atoms with Crippen molar-refractivity contribution in [3.05, 3.63) is 48.8 Å². The molecule has 2 N–H and O–H groups in total. The van der Waals surface area contributed by atoms with Gasteiger partial charge in [0.05, 0.1) is 19.1 Å². The fourth-order valence-electron chi connectivity index (χ4n) is 4.50. The number of nitrogens with one attached hydrogen (secondary N) is 2. The highest BCUT2D eigenvalue weighted by Crippen LogP contribution is 2.42. The first-order chi connectivity index (χ1) is 23.9. The van der Waals surface area contributed by atoms with Crippen LogP contribution in [0.1, 0.15) is 52.4 Å². The zero-order valence-corrected chi connectivity index (χ0v) is 33.1. The van der Waals surface area contributed by atoms with E-state index < -0.39 is 5.92 Å². The van der Waals surface area contributed by atoms with Crippen molar-refractivity contribution < 1.29 is 23.9 Å². The maximum absolute atomic E-state index is 13.3. The normalized spacial score (nSPS) is 16.7. The molecule has 49 heavy (non-hydrogen) atoms. The Balaban J connectivity index is 1.39. The van der Waals surface area contributed by atoms with Gasteiger partial charge in [0.25, 0.3) is 0 Å². The standard InChI is InChI=1S/C34H48N4O5S6/c1-3-26(33(41)37-16-20-46-48-31-8-4-6-14-35-31)23-44-29-10-11-30(29)45-24-27(22-28(40)13-19-43-18-12-25(2)39)34(42)38-17-21-47-49-32-9-5-7-15-36-32/h4-9,14-15,26-27,29-30H,3,10-13,16-24H2,1-2H3,(H,37,41)(H,38,42). The minimum atomic E-state index is -0.419. The first-order valence-corrected chi connectivity index (χ1v) is 23.4. The summed E-state index contributed by atoms with van der Waals surface area (Å²) in [5.41, 5.74) is 0. The molecule has 1 aliphatic carbocycles. The number of carbonyl (C=O) groups is 4. The lowest BCUT2D eigenvalue weighted by Crippen LogP contribution is -2.38. The van der Waals surface area contributed by atoms with Gasteiger partial charge in [-0.25, -0.2) is 9.97 Å². The van der Waals surface area contributed by atoms with Crippen LogP contribution in [-0.4, -0.2) is 93.2 Å². The Labute approximate surface area is 315 Å². The number of hydrogen-bond acceptors (Lipinski definition) is 13. The molecule has 1 saturated carbocycles. The Kier molecular flexibility index (Phi) is 21.9. The van der Waals surface area contributed by atoms with E-state index in [1.165, 1.54) is 6.92 Å². The maximum atomic E-state index is 13.3. The summed E-state index contributed by atoms with van der Waals surface area (Å²) in [6, 6.07) is 11.6. The quantitative estimate of drug-likeness (QED) is 0.0723. The number of thioether (sulfide) groups is 2. The molecule has 2 aromatic rings. The third-order valence-corrected chi connectivity index (χ3v) is 15.4. The SMILES string of the molecule is CCC(CSC1CCC1SCC(CC(=O)CCOCCC(C)=O)C(=O)NCCSSc1ccccn1)C(=O)NCCSSc1ccccn1. The molecule has 9 nitrogen and oxygen atoms in total. The molecule has 0 aliphatic heterocycles. The van der Waals surface area contributed by atoms with Gasteiger partial charge in [-0.2, -0.15) is 23.5 Å². The second kappa shape index (κ2) is 25.6. The molecule has 1 aliphatic rings. The highest BCUT2D eigenvalue weighted by atomic mass is 33.1. The lowest BCUT2D eigenvalue weighted by Gasteiger charge is -2.37. The number of rotatable bonds is 27. The summed E-state index contributed by atoms with van der Waals surface area (Å²) in [4.78, 5) is 58.7. The van der Waals surface area contributed by atoms with E-state index in [4.69, 9.17) is 4.74 Å². The zero-order valence-electron chi connectivity index (χ0n) is 28.2. The van der Waals surface area contributed by atoms with Crippen molar-refractivity contribution in [2.75, 3.05) is 49.3 Å². The predicted octanol–water partition coefficient (Wildman–Crippen LogP) is 6.87. The summed E-state index contributed by atoms with van der Waals surface area (Å²) in [6.45, 7) is 5.28. The zero-order chi connectivity index (χ0) is 35.1. The number of amides is 2. The molecule has 3 rings (SSSR count). The van der Waals surface area contributed by atoms with E-state index >= 15 is 0 Å². The van der Waals surface area contributed by atoms with Crippen molar-refractivity contribution in [1.29, 1.82) is 0 Å². The minimum absolute atomic E-state index is 0.00582. The summed E-state index contributed by atoms with van der Waals surface area (Å²) >= 11 is 3.65. The number of hydrogen-bond donors (Lipinski definition) is 2. The molecule has 2 heterocycles. The van der Waals surface area contributed by atoms with Gasteiger partial charge in [-0.3, -0.25) is 19.2 Å². The summed E-state index contributed by atoms with van der Waals surface area (Å²) in [7, 11) is 6.51. The first-order valence-electron chi connectivity index (χ1n) is 16.6. The van der Waals surface area contributed by atoms with E-state index in [0.717, 1.165) is 46.6 Å². The number of pyridine rings is 2. The van der Waals surface area contributed by atoms with Crippen LogP contribution in [0.3, 0.4) is 0 Å². The van der Waals surface area contributed by atoms with E-state index in [-0.39, 0.29) is 48.7 Å². The Morgan fingerprint density at radius 1 is 0.796 bits per heavy atom. The van der Waals surface area contributed by atoms with Crippen LogP contribution in [0.15, 0.2) is 58.8 Å². The molecule has 270 valence electrons. The summed E-state index contributed by atoms with van der Waals surface area (Å²) in [5.74, 6) is 2.50. The number of ketones is 2. The van der Waals surface area contributed by atoms with Crippen molar-refractivity contribution in [2.24, 2.45) is 11.8 Å². The Morgan fingerprint density at radius 3 is 1.82 bits per heavy atom. The monoisotopic (exact) mass is 784 g/mol. The molecule has 0 radical (unpaired) electrons. The fourth-order valence-corrected chi connectivity index (χ4v) is 11.5. The summed E-state index contributed by atoms with van der Waals surface area (Å²) < 4.78 is 5.45. The van der Waals surface area contributed by atoms with Crippen molar-refractivity contribution in [1.82, 2.24) is 20.6 Å². The molecule has 0 spiro atoms. The van der Waals surface area contributed by atoms with E-state index in [1.54, 1.807) is 67.3 Å². The van der Waals surface area contributed by atoms with E-state index in [0.29, 0.717) is 42.4 Å². The van der Waals surface area contributed by atoms with Crippen LogP contribution < -0.4 is 10.6 Å². The lowest BCUT2D eigenvalue weighted by atomic mass is 9.99. The average molecular weight is 785 g/mol. The number of nitrogens with zero attached hydrogens (tertiary/aromatic N) is 2. The van der Waals surface area contributed by atoms with Gasteiger partial charge in [-0.05, 0) is 72.0 Å². The Bertz CT molecular complexity index is 1270. The molecule has 0 aromatic carbocycles. The number of carbonyl (C=O) groups excluding carboxylic acids is 4. The number of ether oxygens (including phenoxy) is 1. The smallest absolute Gasteiger partial charge is 0.224 e. The Hall–Kier alpha value is -1.36. The predicted molar refractivity (Wildman–Crippen MR) is 210 cm³/mol. The highest BCUT2D eigenvalue weighted by molar-refractivity contribution is 8.77. The average Bonchev–Trinajstić information content (AvgIpc) is 3.09. The second-order valence-corrected chi connectivity index (χ2v) is 18.8. The van der Waals surface area contributed by atoms with Crippen LogP contribution in [0.25, 0.3) is 0 Å². The van der Waals surface area contributed by atoms with E-state index in [1.807, 2.05) is 48.2 Å². The van der Waals surface area contributed by atoms with Crippen LogP contribution >= 0.6 is 66.7 Å². The van der Waals surface area contributed by atoms with Crippen LogP contribution in [0.5, 0.6) is 0 Å². The number of Topliss-reactive ketones (excluding diaryl/α,β-unsaturated/α-hetero) is 2. The third-order valence-electron chi connectivity index (χ3n) is 7.54. The largest absolute Gasteiger partial charge is 0.381 e. The molecule has 0 bridgehead atoms. The van der Waals surface area contributed by atoms with Crippen LogP contribution in [0.2, 0.25) is 0 Å². The van der Waals surface area contributed by atoms with E-state index in [9.17, 15) is 19.2 Å². The molecular formula is C34H48N4O5S6. The summed E-state index contributed by atoms with van der Waals surface area (Å²) in [5, 5.41) is 8.87. The van der Waals surface area contributed by atoms with Crippen LogP contribution in [0, 0.1) is 11.8 Å². The van der Waals surface area contributed by atoms with Gasteiger partial charge < -0.3 is 15.4 Å². The van der Waals surface area contributed by atoms with Gasteiger partial charge in [0.1, 0.15) is 21.6 Å². The van der Waals surface area contributed by atoms with Crippen LogP contribution in [-0.2, 0) is 23.9 Å². The van der Waals surface area contributed by atoms with Crippen molar-refractivity contribution >= 4 is 90.1 Å². The lowest BCUT2D eigenvalue weighted by molar-refractivity contribution is -0.129. The molecule has 2 amide bonds. The second-order valence-electron chi connectivity index (χ2n) is 11.4. The van der Waals surface area contributed by atoms with Gasteiger partial charge in [0, 0.05) is 84.2 Å². The fraction of sp³-hybridized carbons (Fsp3) is 0.588. The molecule has 4 unspecified atom stereocenters. The maximum Gasteiger partial charge on any atom is 0.224 e. The Morgan fingerprint density at radius 2 is 1.33 bits per heavy atom. The molecule has 15 heteroatoms. The summed E-state index contributed by atoms with van der Waals surface area (Å²) in [6.07, 6.45) is 7.24. The van der Waals surface area contributed by atoms with Gasteiger partial charge in [0.15, 0.2) is 0 Å².